The summed E-state index contributed by atoms with van der Waals surface area (Å²) in [7, 11) is 3.34. The minimum Gasteiger partial charge on any atom is -0.494 e. The zero-order valence-electron chi connectivity index (χ0n) is 19.4. The first-order valence-electron chi connectivity index (χ1n) is 10.9. The van der Waals surface area contributed by atoms with Crippen LogP contribution < -0.4 is 14.2 Å². The molecular weight excluding hydrogens is 392 g/mol. The lowest BCUT2D eigenvalue weighted by Crippen LogP contribution is -2.45. The third kappa shape index (κ3) is 5.77. The Bertz CT molecular complexity index is 905. The lowest BCUT2D eigenvalue weighted by atomic mass is 10.1. The van der Waals surface area contributed by atoms with Crippen molar-refractivity contribution in [2.24, 2.45) is 0 Å². The van der Waals surface area contributed by atoms with Crippen LogP contribution >= 0.6 is 0 Å². The topological polar surface area (TPSA) is 51.2 Å². The summed E-state index contributed by atoms with van der Waals surface area (Å²) in [5.41, 5.74) is 4.29. The largest absolute Gasteiger partial charge is 0.494 e. The van der Waals surface area contributed by atoms with Gasteiger partial charge in [-0.25, -0.2) is 0 Å². The molecule has 0 N–H and O–H groups in total. The molecule has 3 rings (SSSR count). The molecule has 0 saturated carbocycles. The van der Waals surface area contributed by atoms with Crippen LogP contribution in [0.4, 0.5) is 0 Å². The molecule has 0 spiro atoms. The van der Waals surface area contributed by atoms with Gasteiger partial charge in [-0.15, -0.1) is 0 Å². The van der Waals surface area contributed by atoms with Crippen LogP contribution in [0.3, 0.4) is 0 Å². The third-order valence-electron chi connectivity index (χ3n) is 5.86. The number of hydrogen-bond donors (Lipinski definition) is 0. The number of hydrogen-bond acceptors (Lipinski definition) is 6. The fourth-order valence-corrected chi connectivity index (χ4v) is 4.00. The Labute approximate surface area is 185 Å². The Morgan fingerprint density at radius 3 is 2.00 bits per heavy atom. The highest BCUT2D eigenvalue weighted by atomic mass is 16.5. The van der Waals surface area contributed by atoms with Gasteiger partial charge in [-0.05, 0) is 62.2 Å². The van der Waals surface area contributed by atoms with Gasteiger partial charge in [0.25, 0.3) is 0 Å². The molecule has 0 amide bonds. The molecule has 6 nitrogen and oxygen atoms in total. The summed E-state index contributed by atoms with van der Waals surface area (Å²) >= 11 is 0. The van der Waals surface area contributed by atoms with Crippen LogP contribution in [0.5, 0.6) is 17.2 Å². The second-order valence-electron chi connectivity index (χ2n) is 8.00. The summed E-state index contributed by atoms with van der Waals surface area (Å²) in [6.45, 7) is 11.9. The molecule has 1 fully saturated rings. The molecule has 0 unspecified atom stereocenters. The monoisotopic (exact) mass is 426 g/mol. The van der Waals surface area contributed by atoms with E-state index in [4.69, 9.17) is 14.2 Å². The van der Waals surface area contributed by atoms with E-state index in [0.29, 0.717) is 6.61 Å². The van der Waals surface area contributed by atoms with E-state index in [2.05, 4.69) is 22.8 Å². The number of Topliss-reactive ketones (excluding diaryl/α,β-unsaturated/α-hetero) is 1. The quantitative estimate of drug-likeness (QED) is 0.567. The maximum absolute atomic E-state index is 11.8. The van der Waals surface area contributed by atoms with Crippen LogP contribution in [-0.4, -0.2) is 62.6 Å². The van der Waals surface area contributed by atoms with Crippen molar-refractivity contribution in [2.45, 2.75) is 33.9 Å². The summed E-state index contributed by atoms with van der Waals surface area (Å²) in [6.07, 6.45) is 0. The number of methoxy groups -OCH3 is 2. The molecule has 1 aliphatic heterocycles. The van der Waals surface area contributed by atoms with Crippen molar-refractivity contribution in [1.29, 1.82) is 0 Å². The summed E-state index contributed by atoms with van der Waals surface area (Å²) in [5, 5.41) is 0. The SMILES string of the molecule is CCOc1ccc(C(C)=O)cc1CN1CCN(Cc2cc(OC)c(OC)cc2C)CC1. The van der Waals surface area contributed by atoms with Gasteiger partial charge in [0.15, 0.2) is 17.3 Å². The van der Waals surface area contributed by atoms with Crippen LogP contribution in [-0.2, 0) is 13.1 Å². The smallest absolute Gasteiger partial charge is 0.161 e. The molecule has 2 aromatic rings. The fourth-order valence-electron chi connectivity index (χ4n) is 4.00. The Morgan fingerprint density at radius 1 is 0.871 bits per heavy atom. The first kappa shape index (κ1) is 23.1. The minimum absolute atomic E-state index is 0.0828. The number of ether oxygens (including phenoxy) is 3. The Morgan fingerprint density at radius 2 is 1.45 bits per heavy atom. The van der Waals surface area contributed by atoms with Crippen LogP contribution in [0.15, 0.2) is 30.3 Å². The Hall–Kier alpha value is -2.57. The second-order valence-corrected chi connectivity index (χ2v) is 8.00. The van der Waals surface area contributed by atoms with E-state index in [-0.39, 0.29) is 5.78 Å². The molecule has 0 radical (unpaired) electrons. The van der Waals surface area contributed by atoms with Crippen molar-refractivity contribution in [3.8, 4) is 17.2 Å². The van der Waals surface area contributed by atoms with Gasteiger partial charge < -0.3 is 14.2 Å². The number of aryl methyl sites for hydroxylation is 1. The summed E-state index contributed by atoms with van der Waals surface area (Å²) in [5.74, 6) is 2.50. The van der Waals surface area contributed by atoms with Crippen LogP contribution in [0.25, 0.3) is 0 Å². The first-order valence-corrected chi connectivity index (χ1v) is 10.9. The first-order chi connectivity index (χ1) is 14.9. The molecule has 0 aromatic heterocycles. The lowest BCUT2D eigenvalue weighted by molar-refractivity contribution is 0.101. The van der Waals surface area contributed by atoms with E-state index in [1.54, 1.807) is 21.1 Å². The van der Waals surface area contributed by atoms with Crippen molar-refractivity contribution in [3.63, 3.8) is 0 Å². The number of nitrogens with zero attached hydrogens (tertiary/aromatic N) is 2. The van der Waals surface area contributed by atoms with Crippen molar-refractivity contribution in [1.82, 2.24) is 9.80 Å². The minimum atomic E-state index is 0.0828. The predicted molar refractivity (Wildman–Crippen MR) is 122 cm³/mol. The highest BCUT2D eigenvalue weighted by molar-refractivity contribution is 5.94. The van der Waals surface area contributed by atoms with Crippen LogP contribution in [0.1, 0.15) is 40.9 Å². The van der Waals surface area contributed by atoms with Crippen LogP contribution in [0.2, 0.25) is 0 Å². The molecule has 0 aliphatic carbocycles. The number of rotatable bonds is 9. The molecule has 6 heteroatoms. The maximum atomic E-state index is 11.8. The van der Waals surface area contributed by atoms with Crippen molar-refractivity contribution >= 4 is 5.78 Å². The Balaban J connectivity index is 1.63. The van der Waals surface area contributed by atoms with Gasteiger partial charge in [-0.3, -0.25) is 14.6 Å². The number of ketones is 1. The van der Waals surface area contributed by atoms with Gasteiger partial charge in [0.1, 0.15) is 5.75 Å². The summed E-state index contributed by atoms with van der Waals surface area (Å²) in [4.78, 5) is 16.7. The standard InChI is InChI=1S/C25H34N2O4/c1-6-31-23-8-7-20(19(3)28)14-22(23)17-27-11-9-26(10-12-27)16-21-15-25(30-5)24(29-4)13-18(21)2/h7-8,13-15H,6,9-12,16-17H2,1-5H3. The lowest BCUT2D eigenvalue weighted by Gasteiger charge is -2.35. The van der Waals surface area contributed by atoms with Gasteiger partial charge in [-0.1, -0.05) is 0 Å². The van der Waals surface area contributed by atoms with Gasteiger partial charge in [-0.2, -0.15) is 0 Å². The average Bonchev–Trinajstić information content (AvgIpc) is 2.77. The van der Waals surface area contributed by atoms with Crippen molar-refractivity contribution < 1.29 is 19.0 Å². The molecule has 0 bridgehead atoms. The fraction of sp³-hybridized carbons (Fsp3) is 0.480. The third-order valence-corrected chi connectivity index (χ3v) is 5.86. The summed E-state index contributed by atoms with van der Waals surface area (Å²) < 4.78 is 16.7. The zero-order chi connectivity index (χ0) is 22.4. The highest BCUT2D eigenvalue weighted by Gasteiger charge is 2.20. The molecule has 168 valence electrons. The average molecular weight is 427 g/mol. The molecule has 31 heavy (non-hydrogen) atoms. The number of piperazine rings is 1. The molecule has 0 atom stereocenters. The zero-order valence-corrected chi connectivity index (χ0v) is 19.4. The Kier molecular flexibility index (Phi) is 7.93. The number of benzene rings is 2. The van der Waals surface area contributed by atoms with E-state index in [1.807, 2.05) is 31.2 Å². The van der Waals surface area contributed by atoms with Crippen molar-refractivity contribution in [3.05, 3.63) is 52.6 Å². The van der Waals surface area contributed by atoms with E-state index >= 15 is 0 Å². The molecule has 2 aromatic carbocycles. The van der Waals surface area contributed by atoms with E-state index < -0.39 is 0 Å². The number of carbonyl (C=O) groups excluding carboxylic acids is 1. The van der Waals surface area contributed by atoms with Gasteiger partial charge in [0, 0.05) is 50.4 Å². The van der Waals surface area contributed by atoms with Gasteiger partial charge >= 0.3 is 0 Å². The maximum Gasteiger partial charge on any atom is 0.161 e. The molecule has 1 saturated heterocycles. The molecule has 1 aliphatic rings. The van der Waals surface area contributed by atoms with Gasteiger partial charge in [0.2, 0.25) is 0 Å². The highest BCUT2D eigenvalue weighted by Crippen LogP contribution is 2.31. The normalized spacial score (nSPS) is 15.0. The van der Waals surface area contributed by atoms with Gasteiger partial charge in [0.05, 0.1) is 20.8 Å². The summed E-state index contributed by atoms with van der Waals surface area (Å²) in [6, 6.07) is 9.88. The van der Waals surface area contributed by atoms with E-state index in [0.717, 1.165) is 67.6 Å². The van der Waals surface area contributed by atoms with E-state index in [9.17, 15) is 4.79 Å². The number of carbonyl (C=O) groups is 1. The predicted octanol–water partition coefficient (Wildman–Crippen LogP) is 3.93. The van der Waals surface area contributed by atoms with Crippen molar-refractivity contribution in [2.75, 3.05) is 47.0 Å². The molecule has 1 heterocycles. The van der Waals surface area contributed by atoms with E-state index in [1.165, 1.54) is 11.1 Å². The second kappa shape index (κ2) is 10.6. The molecular formula is C25H34N2O4. The van der Waals surface area contributed by atoms with Crippen LogP contribution in [0, 0.1) is 6.92 Å².